The molecule has 0 heterocycles. The van der Waals surface area contributed by atoms with Crippen LogP contribution in [-0.4, -0.2) is 11.1 Å². The molecule has 0 bridgehead atoms. The number of aromatic carboxylic acids is 1. The van der Waals surface area contributed by atoms with Crippen LogP contribution in [0.5, 0.6) is 0 Å². The molecule has 92 valence electrons. The molecule has 0 spiro atoms. The largest absolute Gasteiger partial charge is 0.478 e. The SMILES string of the molecule is Cc1cc(F)ccc1-c1ccc(C(=O)O)cc1Cl. The first kappa shape index (κ1) is 12.6. The molecule has 0 aliphatic rings. The minimum atomic E-state index is -1.03. The van der Waals surface area contributed by atoms with Crippen molar-refractivity contribution < 1.29 is 14.3 Å². The second-order valence-corrected chi connectivity index (χ2v) is 4.37. The highest BCUT2D eigenvalue weighted by Gasteiger charge is 2.10. The number of benzene rings is 2. The average Bonchev–Trinajstić information content (AvgIpc) is 2.30. The van der Waals surface area contributed by atoms with Crippen molar-refractivity contribution in [3.05, 3.63) is 58.4 Å². The molecule has 0 aliphatic carbocycles. The Bertz CT molecular complexity index is 623. The first-order valence-electron chi connectivity index (χ1n) is 5.28. The van der Waals surface area contributed by atoms with Gasteiger partial charge in [0.2, 0.25) is 0 Å². The van der Waals surface area contributed by atoms with Crippen molar-refractivity contribution in [2.24, 2.45) is 0 Å². The Morgan fingerprint density at radius 1 is 1.17 bits per heavy atom. The maximum absolute atomic E-state index is 13.0. The summed E-state index contributed by atoms with van der Waals surface area (Å²) in [6, 6.07) is 8.90. The third-order valence-electron chi connectivity index (χ3n) is 2.69. The van der Waals surface area contributed by atoms with Crippen molar-refractivity contribution in [3.63, 3.8) is 0 Å². The lowest BCUT2D eigenvalue weighted by molar-refractivity contribution is 0.0697. The summed E-state index contributed by atoms with van der Waals surface area (Å²) in [6.45, 7) is 1.78. The van der Waals surface area contributed by atoms with Gasteiger partial charge in [-0.2, -0.15) is 0 Å². The molecule has 0 unspecified atom stereocenters. The van der Waals surface area contributed by atoms with Crippen molar-refractivity contribution in [2.75, 3.05) is 0 Å². The third kappa shape index (κ3) is 2.36. The minimum Gasteiger partial charge on any atom is -0.478 e. The first-order valence-corrected chi connectivity index (χ1v) is 5.66. The number of rotatable bonds is 2. The summed E-state index contributed by atoms with van der Waals surface area (Å²) in [7, 11) is 0. The lowest BCUT2D eigenvalue weighted by Gasteiger charge is -2.09. The van der Waals surface area contributed by atoms with E-state index >= 15 is 0 Å². The van der Waals surface area contributed by atoms with E-state index in [2.05, 4.69) is 0 Å². The van der Waals surface area contributed by atoms with Gasteiger partial charge in [0.1, 0.15) is 5.82 Å². The first-order chi connectivity index (χ1) is 8.49. The molecular weight excluding hydrogens is 255 g/mol. The molecule has 0 saturated carbocycles. The summed E-state index contributed by atoms with van der Waals surface area (Å²) in [5, 5.41) is 9.19. The van der Waals surface area contributed by atoms with Crippen LogP contribution in [0.15, 0.2) is 36.4 Å². The van der Waals surface area contributed by atoms with E-state index < -0.39 is 5.97 Å². The van der Waals surface area contributed by atoms with Crippen molar-refractivity contribution in [1.82, 2.24) is 0 Å². The Hall–Kier alpha value is -1.87. The van der Waals surface area contributed by atoms with Gasteiger partial charge in [-0.15, -0.1) is 0 Å². The van der Waals surface area contributed by atoms with Gasteiger partial charge < -0.3 is 5.11 Å². The fourth-order valence-electron chi connectivity index (χ4n) is 1.80. The van der Waals surface area contributed by atoms with Crippen molar-refractivity contribution in [1.29, 1.82) is 0 Å². The summed E-state index contributed by atoms with van der Waals surface area (Å²) >= 11 is 6.06. The van der Waals surface area contributed by atoms with Crippen LogP contribution in [0, 0.1) is 12.7 Å². The lowest BCUT2D eigenvalue weighted by atomic mass is 9.99. The monoisotopic (exact) mass is 264 g/mol. The van der Waals surface area contributed by atoms with Crippen LogP contribution in [0.3, 0.4) is 0 Å². The molecule has 4 heteroatoms. The second kappa shape index (κ2) is 4.78. The number of hydrogen-bond acceptors (Lipinski definition) is 1. The van der Waals surface area contributed by atoms with E-state index in [9.17, 15) is 9.18 Å². The van der Waals surface area contributed by atoms with Crippen LogP contribution < -0.4 is 0 Å². The van der Waals surface area contributed by atoms with E-state index in [1.165, 1.54) is 24.3 Å². The van der Waals surface area contributed by atoms with Gasteiger partial charge in [-0.25, -0.2) is 9.18 Å². The molecule has 0 aromatic heterocycles. The average molecular weight is 265 g/mol. The Labute approximate surface area is 109 Å². The van der Waals surface area contributed by atoms with Crippen molar-refractivity contribution in [3.8, 4) is 11.1 Å². The Morgan fingerprint density at radius 2 is 1.83 bits per heavy atom. The van der Waals surface area contributed by atoms with Crippen LogP contribution in [0.2, 0.25) is 5.02 Å². The van der Waals surface area contributed by atoms with Crippen molar-refractivity contribution >= 4 is 17.6 Å². The van der Waals surface area contributed by atoms with E-state index in [1.54, 1.807) is 19.1 Å². The van der Waals surface area contributed by atoms with E-state index in [1.807, 2.05) is 0 Å². The van der Waals surface area contributed by atoms with Crippen LogP contribution in [0.25, 0.3) is 11.1 Å². The number of carbonyl (C=O) groups is 1. The summed E-state index contributed by atoms with van der Waals surface area (Å²) in [4.78, 5) is 10.8. The number of carboxylic acids is 1. The van der Waals surface area contributed by atoms with Gasteiger partial charge >= 0.3 is 5.97 Å². The van der Waals surface area contributed by atoms with Crippen LogP contribution >= 0.6 is 11.6 Å². The highest BCUT2D eigenvalue weighted by atomic mass is 35.5. The Kier molecular flexibility index (Phi) is 3.34. The molecule has 0 radical (unpaired) electrons. The standard InChI is InChI=1S/C14H10ClFO2/c1-8-6-10(16)3-5-11(8)12-4-2-9(14(17)18)7-13(12)15/h2-7H,1H3,(H,17,18). The molecule has 2 rings (SSSR count). The summed E-state index contributed by atoms with van der Waals surface area (Å²) < 4.78 is 13.0. The molecular formula is C14H10ClFO2. The molecule has 0 saturated heterocycles. The number of hydrogen-bond donors (Lipinski definition) is 1. The minimum absolute atomic E-state index is 0.128. The summed E-state index contributed by atoms with van der Waals surface area (Å²) in [5.74, 6) is -1.34. The highest BCUT2D eigenvalue weighted by molar-refractivity contribution is 6.33. The van der Waals surface area contributed by atoms with Crippen LogP contribution in [0.4, 0.5) is 4.39 Å². The molecule has 0 fully saturated rings. The molecule has 0 atom stereocenters. The Balaban J connectivity index is 2.54. The fourth-order valence-corrected chi connectivity index (χ4v) is 2.08. The fraction of sp³-hybridized carbons (Fsp3) is 0.0714. The zero-order chi connectivity index (χ0) is 13.3. The maximum atomic E-state index is 13.0. The number of carboxylic acid groups (broad SMARTS) is 1. The molecule has 0 aliphatic heterocycles. The zero-order valence-corrected chi connectivity index (χ0v) is 10.3. The van der Waals surface area contributed by atoms with Gasteiger partial charge in [0.05, 0.1) is 5.56 Å². The number of halogens is 2. The van der Waals surface area contributed by atoms with Gasteiger partial charge in [-0.3, -0.25) is 0 Å². The van der Waals surface area contributed by atoms with E-state index in [0.29, 0.717) is 10.6 Å². The molecule has 1 N–H and O–H groups in total. The van der Waals surface area contributed by atoms with Crippen LogP contribution in [-0.2, 0) is 0 Å². The summed E-state index contributed by atoms with van der Waals surface area (Å²) in [5.41, 5.74) is 2.36. The van der Waals surface area contributed by atoms with E-state index in [-0.39, 0.29) is 11.4 Å². The predicted molar refractivity (Wildman–Crippen MR) is 68.5 cm³/mol. The molecule has 18 heavy (non-hydrogen) atoms. The lowest BCUT2D eigenvalue weighted by Crippen LogP contribution is -1.96. The predicted octanol–water partition coefficient (Wildman–Crippen LogP) is 4.15. The molecule has 2 aromatic rings. The summed E-state index contributed by atoms with van der Waals surface area (Å²) in [6.07, 6.45) is 0. The van der Waals surface area contributed by atoms with Gasteiger partial charge in [-0.1, -0.05) is 23.7 Å². The number of aryl methyl sites for hydroxylation is 1. The van der Waals surface area contributed by atoms with Crippen LogP contribution in [0.1, 0.15) is 15.9 Å². The highest BCUT2D eigenvalue weighted by Crippen LogP contribution is 2.31. The smallest absolute Gasteiger partial charge is 0.335 e. The normalized spacial score (nSPS) is 10.4. The van der Waals surface area contributed by atoms with Gasteiger partial charge in [-0.05, 0) is 42.3 Å². The quantitative estimate of drug-likeness (QED) is 0.885. The molecule has 0 amide bonds. The molecule has 2 aromatic carbocycles. The van der Waals surface area contributed by atoms with E-state index in [0.717, 1.165) is 11.1 Å². The van der Waals surface area contributed by atoms with Crippen molar-refractivity contribution in [2.45, 2.75) is 6.92 Å². The van der Waals surface area contributed by atoms with Gasteiger partial charge in [0, 0.05) is 10.6 Å². The molecule has 2 nitrogen and oxygen atoms in total. The van der Waals surface area contributed by atoms with E-state index in [4.69, 9.17) is 16.7 Å². The van der Waals surface area contributed by atoms with Gasteiger partial charge in [0.15, 0.2) is 0 Å². The second-order valence-electron chi connectivity index (χ2n) is 3.96. The van der Waals surface area contributed by atoms with Gasteiger partial charge in [0.25, 0.3) is 0 Å². The maximum Gasteiger partial charge on any atom is 0.335 e. The topological polar surface area (TPSA) is 37.3 Å². The third-order valence-corrected chi connectivity index (χ3v) is 3.01. The zero-order valence-electron chi connectivity index (χ0n) is 9.58. The Morgan fingerprint density at radius 3 is 2.39 bits per heavy atom.